The highest BCUT2D eigenvalue weighted by atomic mass is 32.2. The van der Waals surface area contributed by atoms with Crippen LogP contribution in [0.3, 0.4) is 0 Å². The van der Waals surface area contributed by atoms with E-state index in [4.69, 9.17) is 10.5 Å². The first kappa shape index (κ1) is 13.0. The molecule has 0 radical (unpaired) electrons. The molecule has 0 aliphatic carbocycles. The second kappa shape index (κ2) is 5.49. The molecule has 2 N–H and O–H groups in total. The largest absolute Gasteiger partial charge is 0.475 e. The molecule has 100 valence electrons. The van der Waals surface area contributed by atoms with Crippen LogP contribution < -0.4 is 10.5 Å². The fourth-order valence-corrected chi connectivity index (χ4v) is 2.94. The average molecular weight is 272 g/mol. The summed E-state index contributed by atoms with van der Waals surface area (Å²) in [5.41, 5.74) is 5.40. The third-order valence-electron chi connectivity index (χ3n) is 2.76. The van der Waals surface area contributed by atoms with Gasteiger partial charge in [-0.15, -0.1) is 10.2 Å². The SMILES string of the molecule is Nc1ccc(OCCN2CCS(=O)(=O)CC2)nn1. The Kier molecular flexibility index (Phi) is 3.97. The Labute approximate surface area is 106 Å². The predicted molar refractivity (Wildman–Crippen MR) is 67.0 cm³/mol. The first-order valence-electron chi connectivity index (χ1n) is 5.70. The molecule has 2 rings (SSSR count). The Hall–Kier alpha value is -1.41. The fourth-order valence-electron chi connectivity index (χ4n) is 1.66. The van der Waals surface area contributed by atoms with Crippen molar-refractivity contribution in [2.45, 2.75) is 0 Å². The lowest BCUT2D eigenvalue weighted by Crippen LogP contribution is -2.42. The van der Waals surface area contributed by atoms with Crippen LogP contribution in [0.2, 0.25) is 0 Å². The second-order valence-electron chi connectivity index (χ2n) is 4.14. The van der Waals surface area contributed by atoms with Crippen LogP contribution in [0.1, 0.15) is 0 Å². The molecule has 0 saturated carbocycles. The van der Waals surface area contributed by atoms with Gasteiger partial charge in [0, 0.05) is 25.7 Å². The first-order valence-corrected chi connectivity index (χ1v) is 7.52. The van der Waals surface area contributed by atoms with Crippen LogP contribution in [0.5, 0.6) is 5.88 Å². The molecule has 0 amide bonds. The maximum Gasteiger partial charge on any atom is 0.233 e. The Morgan fingerprint density at radius 2 is 2.00 bits per heavy atom. The van der Waals surface area contributed by atoms with Gasteiger partial charge in [0.25, 0.3) is 0 Å². The molecular weight excluding hydrogens is 256 g/mol. The summed E-state index contributed by atoms with van der Waals surface area (Å²) >= 11 is 0. The quantitative estimate of drug-likeness (QED) is 0.763. The van der Waals surface area contributed by atoms with Crippen molar-refractivity contribution in [2.24, 2.45) is 0 Å². The van der Waals surface area contributed by atoms with Gasteiger partial charge in [-0.1, -0.05) is 0 Å². The third-order valence-corrected chi connectivity index (χ3v) is 4.36. The number of rotatable bonds is 4. The molecule has 1 aromatic heterocycles. The van der Waals surface area contributed by atoms with Gasteiger partial charge in [-0.25, -0.2) is 8.42 Å². The zero-order valence-corrected chi connectivity index (χ0v) is 10.8. The van der Waals surface area contributed by atoms with Gasteiger partial charge in [0.1, 0.15) is 12.4 Å². The smallest absolute Gasteiger partial charge is 0.233 e. The number of anilines is 1. The van der Waals surface area contributed by atoms with Gasteiger partial charge in [0.05, 0.1) is 11.5 Å². The van der Waals surface area contributed by atoms with E-state index in [1.54, 1.807) is 12.1 Å². The van der Waals surface area contributed by atoms with Crippen molar-refractivity contribution in [1.82, 2.24) is 15.1 Å². The number of hydrogen-bond donors (Lipinski definition) is 1. The minimum absolute atomic E-state index is 0.231. The molecule has 1 saturated heterocycles. The number of nitrogen functional groups attached to an aromatic ring is 1. The number of hydrogen-bond acceptors (Lipinski definition) is 7. The third kappa shape index (κ3) is 3.81. The number of nitrogens with two attached hydrogens (primary N) is 1. The van der Waals surface area contributed by atoms with Crippen molar-refractivity contribution in [3.8, 4) is 5.88 Å². The van der Waals surface area contributed by atoms with E-state index in [0.29, 0.717) is 37.9 Å². The van der Waals surface area contributed by atoms with Crippen molar-refractivity contribution in [2.75, 3.05) is 43.5 Å². The van der Waals surface area contributed by atoms with Crippen LogP contribution >= 0.6 is 0 Å². The summed E-state index contributed by atoms with van der Waals surface area (Å²) in [5.74, 6) is 1.24. The summed E-state index contributed by atoms with van der Waals surface area (Å²) in [6.45, 7) is 2.28. The molecular formula is C10H16N4O3S. The molecule has 0 spiro atoms. The zero-order chi connectivity index (χ0) is 13.0. The highest BCUT2D eigenvalue weighted by Gasteiger charge is 2.21. The molecule has 0 atom stereocenters. The van der Waals surface area contributed by atoms with Crippen LogP contribution in [0, 0.1) is 0 Å². The first-order chi connectivity index (χ1) is 8.55. The van der Waals surface area contributed by atoms with Gasteiger partial charge in [0.2, 0.25) is 5.88 Å². The van der Waals surface area contributed by atoms with Crippen LogP contribution in [-0.4, -0.2) is 61.3 Å². The van der Waals surface area contributed by atoms with E-state index < -0.39 is 9.84 Å². The molecule has 8 heteroatoms. The molecule has 7 nitrogen and oxygen atoms in total. The predicted octanol–water partition coefficient (Wildman–Crippen LogP) is -0.832. The van der Waals surface area contributed by atoms with Crippen LogP contribution in [0.25, 0.3) is 0 Å². The van der Waals surface area contributed by atoms with Gasteiger partial charge in [-0.2, -0.15) is 0 Å². The van der Waals surface area contributed by atoms with Gasteiger partial charge in [0.15, 0.2) is 9.84 Å². The van der Waals surface area contributed by atoms with Crippen molar-refractivity contribution < 1.29 is 13.2 Å². The zero-order valence-electron chi connectivity index (χ0n) is 9.95. The normalized spacial score (nSPS) is 19.6. The molecule has 18 heavy (non-hydrogen) atoms. The van der Waals surface area contributed by atoms with Gasteiger partial charge in [-0.3, -0.25) is 4.90 Å². The van der Waals surface area contributed by atoms with Gasteiger partial charge >= 0.3 is 0 Å². The summed E-state index contributed by atoms with van der Waals surface area (Å²) in [4.78, 5) is 2.06. The second-order valence-corrected chi connectivity index (χ2v) is 6.44. The summed E-state index contributed by atoms with van der Waals surface area (Å²) < 4.78 is 27.9. The van der Waals surface area contributed by atoms with Crippen molar-refractivity contribution in [1.29, 1.82) is 0 Å². The van der Waals surface area contributed by atoms with E-state index in [1.165, 1.54) is 0 Å². The van der Waals surface area contributed by atoms with Crippen molar-refractivity contribution in [3.63, 3.8) is 0 Å². The molecule has 0 aromatic carbocycles. The topological polar surface area (TPSA) is 98.4 Å². The van der Waals surface area contributed by atoms with E-state index in [2.05, 4.69) is 15.1 Å². The molecule has 0 unspecified atom stereocenters. The molecule has 2 heterocycles. The number of ether oxygens (including phenoxy) is 1. The van der Waals surface area contributed by atoms with Gasteiger partial charge < -0.3 is 10.5 Å². The number of aromatic nitrogens is 2. The Balaban J connectivity index is 1.71. The summed E-state index contributed by atoms with van der Waals surface area (Å²) in [6.07, 6.45) is 0. The Bertz CT molecular complexity index is 474. The molecule has 1 aromatic rings. The lowest BCUT2D eigenvalue weighted by molar-refractivity contribution is 0.214. The lowest BCUT2D eigenvalue weighted by Gasteiger charge is -2.26. The fraction of sp³-hybridized carbons (Fsp3) is 0.600. The summed E-state index contributed by atoms with van der Waals surface area (Å²) in [6, 6.07) is 3.28. The van der Waals surface area contributed by atoms with Gasteiger partial charge in [-0.05, 0) is 6.07 Å². The highest BCUT2D eigenvalue weighted by Crippen LogP contribution is 2.06. The molecule has 1 aliphatic heterocycles. The van der Waals surface area contributed by atoms with Crippen molar-refractivity contribution >= 4 is 15.7 Å². The minimum atomic E-state index is -2.82. The maximum absolute atomic E-state index is 11.2. The Morgan fingerprint density at radius 3 is 2.61 bits per heavy atom. The monoisotopic (exact) mass is 272 g/mol. The van der Waals surface area contributed by atoms with E-state index in [9.17, 15) is 8.42 Å². The van der Waals surface area contributed by atoms with Crippen molar-refractivity contribution in [3.05, 3.63) is 12.1 Å². The lowest BCUT2D eigenvalue weighted by atomic mass is 10.5. The van der Waals surface area contributed by atoms with Crippen LogP contribution in [-0.2, 0) is 9.84 Å². The highest BCUT2D eigenvalue weighted by molar-refractivity contribution is 7.91. The minimum Gasteiger partial charge on any atom is -0.475 e. The number of nitrogens with zero attached hydrogens (tertiary/aromatic N) is 3. The van der Waals surface area contributed by atoms with E-state index in [-0.39, 0.29) is 11.5 Å². The molecule has 1 aliphatic rings. The summed E-state index contributed by atoms with van der Waals surface area (Å²) in [5, 5.41) is 7.45. The van der Waals surface area contributed by atoms with E-state index in [1.807, 2.05) is 0 Å². The molecule has 0 bridgehead atoms. The van der Waals surface area contributed by atoms with Crippen LogP contribution in [0.4, 0.5) is 5.82 Å². The molecule has 1 fully saturated rings. The average Bonchev–Trinajstić information content (AvgIpc) is 2.34. The summed E-state index contributed by atoms with van der Waals surface area (Å²) in [7, 11) is -2.82. The maximum atomic E-state index is 11.2. The standard InChI is InChI=1S/C10H16N4O3S/c11-9-1-2-10(13-12-9)17-6-3-14-4-7-18(15,16)8-5-14/h1-2H,3-8H2,(H2,11,12). The number of sulfone groups is 1. The van der Waals surface area contributed by atoms with Crippen LogP contribution in [0.15, 0.2) is 12.1 Å². The van der Waals surface area contributed by atoms with E-state index in [0.717, 1.165) is 0 Å². The van der Waals surface area contributed by atoms with E-state index >= 15 is 0 Å². The Morgan fingerprint density at radius 1 is 1.28 bits per heavy atom.